The van der Waals surface area contributed by atoms with Gasteiger partial charge in [0.2, 0.25) is 0 Å². The zero-order valence-corrected chi connectivity index (χ0v) is 35.9. The van der Waals surface area contributed by atoms with Crippen LogP contribution in [0.4, 0.5) is 9.59 Å². The number of hydrogen-bond acceptors (Lipinski definition) is 22. The molecule has 1 heterocycles. The van der Waals surface area contributed by atoms with Crippen molar-refractivity contribution in [2.75, 3.05) is 52.9 Å². The number of ether oxygens (including phenoxy) is 10. The SMILES string of the molecule is C=CC(=O)OCC(C)(C)COC(=O)CCC(=O)OCCOC(=O)Oc1ccc(OC(=O)OCCOC(=O)CCC(=O)OCC(C)(C)COC(=O)C=C)c2c1SC(=C(C#N)C#N)S2. The topological polar surface area (TPSA) is 276 Å². The van der Waals surface area contributed by atoms with E-state index in [9.17, 15) is 48.9 Å². The fourth-order valence-corrected chi connectivity index (χ4v) is 6.57. The van der Waals surface area contributed by atoms with Crippen molar-refractivity contribution in [3.8, 4) is 23.6 Å². The molecule has 1 aliphatic rings. The number of carbonyl (C=O) groups is 8. The first kappa shape index (κ1) is 51.6. The summed E-state index contributed by atoms with van der Waals surface area (Å²) in [6.07, 6.45) is -1.66. The molecule has 0 N–H and O–H groups in total. The van der Waals surface area contributed by atoms with Crippen molar-refractivity contribution in [2.24, 2.45) is 10.8 Å². The minimum absolute atomic E-state index is 0.0224. The Bertz CT molecular complexity index is 1860. The van der Waals surface area contributed by atoms with Crippen molar-refractivity contribution >= 4 is 71.7 Å². The van der Waals surface area contributed by atoms with Gasteiger partial charge < -0.3 is 47.4 Å². The van der Waals surface area contributed by atoms with E-state index >= 15 is 0 Å². The van der Waals surface area contributed by atoms with Crippen LogP contribution in [-0.4, -0.2) is 101 Å². The fraction of sp³-hybridized carbons (Fsp3) is 0.450. The van der Waals surface area contributed by atoms with Gasteiger partial charge in [0.1, 0.15) is 55.6 Å². The number of esters is 6. The zero-order chi connectivity index (χ0) is 46.3. The molecule has 62 heavy (non-hydrogen) atoms. The molecule has 1 aromatic carbocycles. The van der Waals surface area contributed by atoms with Crippen LogP contribution in [0, 0.1) is 33.5 Å². The van der Waals surface area contributed by atoms with Crippen molar-refractivity contribution < 1.29 is 85.7 Å². The monoisotopic (exact) mass is 904 g/mol. The Kier molecular flexibility index (Phi) is 21.6. The maximum atomic E-state index is 12.5. The maximum absolute atomic E-state index is 12.5. The van der Waals surface area contributed by atoms with Crippen LogP contribution in [0.15, 0.2) is 57.0 Å². The van der Waals surface area contributed by atoms with Crippen LogP contribution >= 0.6 is 23.5 Å². The average molecular weight is 905 g/mol. The van der Waals surface area contributed by atoms with E-state index in [4.69, 9.17) is 47.4 Å². The third-order valence-electron chi connectivity index (χ3n) is 7.23. The molecule has 0 saturated heterocycles. The highest BCUT2D eigenvalue weighted by molar-refractivity contribution is 8.24. The predicted molar refractivity (Wildman–Crippen MR) is 213 cm³/mol. The lowest BCUT2D eigenvalue weighted by Gasteiger charge is -2.23. The molecule has 0 aliphatic carbocycles. The number of allylic oxidation sites excluding steroid dienone is 1. The summed E-state index contributed by atoms with van der Waals surface area (Å²) in [5.41, 5.74) is -1.64. The number of benzene rings is 1. The standard InChI is InChI=1S/C40H44N2O18S2/c1-7-28(43)55-21-39(3,4)23-57-32(47)13-11-30(45)51-15-17-53-37(49)59-26-9-10-27(35-34(26)61-36(62-35)25(19-41)20-42)60-38(50)54-18-16-52-31(46)12-14-33(48)58-24-40(5,6)22-56-29(44)8-2/h7-10H,1-2,11-18,21-24H2,3-6H3. The molecule has 1 aliphatic heterocycles. The van der Waals surface area contributed by atoms with Gasteiger partial charge in [0.15, 0.2) is 0 Å². The fourth-order valence-electron chi connectivity index (χ4n) is 4.09. The number of fused-ring (bicyclic) bond motifs is 1. The van der Waals surface area contributed by atoms with Gasteiger partial charge >= 0.3 is 48.1 Å². The van der Waals surface area contributed by atoms with E-state index < -0.39 is 72.2 Å². The highest BCUT2D eigenvalue weighted by Gasteiger charge is 2.31. The second kappa shape index (κ2) is 26.0. The molecule has 0 radical (unpaired) electrons. The van der Waals surface area contributed by atoms with Gasteiger partial charge in [-0.3, -0.25) is 19.2 Å². The van der Waals surface area contributed by atoms with E-state index in [0.29, 0.717) is 0 Å². The number of carbonyl (C=O) groups excluding carboxylic acids is 8. The van der Waals surface area contributed by atoms with E-state index in [2.05, 4.69) is 13.2 Å². The van der Waals surface area contributed by atoms with Gasteiger partial charge in [-0.15, -0.1) is 0 Å². The molecule has 0 atom stereocenters. The Hall–Kier alpha value is -6.52. The van der Waals surface area contributed by atoms with Crippen LogP contribution in [0.25, 0.3) is 0 Å². The lowest BCUT2D eigenvalue weighted by molar-refractivity contribution is -0.154. The van der Waals surface area contributed by atoms with Gasteiger partial charge in [-0.2, -0.15) is 10.5 Å². The summed E-state index contributed by atoms with van der Waals surface area (Å²) in [5, 5.41) is 18.8. The summed E-state index contributed by atoms with van der Waals surface area (Å²) in [6, 6.07) is 6.00. The first-order valence-electron chi connectivity index (χ1n) is 18.3. The summed E-state index contributed by atoms with van der Waals surface area (Å²) >= 11 is 1.76. The molecular formula is C40H44N2O18S2. The van der Waals surface area contributed by atoms with Crippen LogP contribution in [0.3, 0.4) is 0 Å². The van der Waals surface area contributed by atoms with E-state index in [-0.39, 0.29) is 96.4 Å². The number of rotatable bonds is 24. The van der Waals surface area contributed by atoms with E-state index in [1.165, 1.54) is 12.1 Å². The van der Waals surface area contributed by atoms with Crippen molar-refractivity contribution in [3.63, 3.8) is 0 Å². The molecule has 20 nitrogen and oxygen atoms in total. The largest absolute Gasteiger partial charge is 0.514 e. The second-order valence-electron chi connectivity index (χ2n) is 13.9. The second-order valence-corrected chi connectivity index (χ2v) is 16.2. The minimum Gasteiger partial charge on any atom is -0.465 e. The lowest BCUT2D eigenvalue weighted by atomic mass is 9.96. The third kappa shape index (κ3) is 19.7. The van der Waals surface area contributed by atoms with Crippen LogP contribution < -0.4 is 9.47 Å². The number of nitriles is 2. The number of hydrogen-bond donors (Lipinski definition) is 0. The van der Waals surface area contributed by atoms with Crippen LogP contribution in [0.5, 0.6) is 11.5 Å². The number of nitrogens with zero attached hydrogens (tertiary/aromatic N) is 2. The van der Waals surface area contributed by atoms with Gasteiger partial charge in [0, 0.05) is 23.0 Å². The lowest BCUT2D eigenvalue weighted by Crippen LogP contribution is -2.28. The zero-order valence-electron chi connectivity index (χ0n) is 34.3. The van der Waals surface area contributed by atoms with Gasteiger partial charge in [-0.25, -0.2) is 19.2 Å². The van der Waals surface area contributed by atoms with E-state index in [1.807, 2.05) is 0 Å². The van der Waals surface area contributed by atoms with Crippen molar-refractivity contribution in [3.05, 3.63) is 47.3 Å². The molecule has 22 heteroatoms. The van der Waals surface area contributed by atoms with Crippen molar-refractivity contribution in [2.45, 2.75) is 63.2 Å². The van der Waals surface area contributed by atoms with Gasteiger partial charge in [-0.1, -0.05) is 64.4 Å². The molecule has 0 fully saturated rings. The average Bonchev–Trinajstić information content (AvgIpc) is 3.69. The summed E-state index contributed by atoms with van der Waals surface area (Å²) in [7, 11) is 0. The van der Waals surface area contributed by atoms with Crippen molar-refractivity contribution in [1.29, 1.82) is 10.5 Å². The highest BCUT2D eigenvalue weighted by atomic mass is 32.2. The quantitative estimate of drug-likeness (QED) is 0.0313. The molecule has 0 bridgehead atoms. The Morgan fingerprint density at radius 2 is 0.871 bits per heavy atom. The highest BCUT2D eigenvalue weighted by Crippen LogP contribution is 2.58. The molecule has 0 unspecified atom stereocenters. The van der Waals surface area contributed by atoms with Gasteiger partial charge in [-0.05, 0) is 12.1 Å². The minimum atomic E-state index is -1.22. The van der Waals surface area contributed by atoms with Crippen LogP contribution in [-0.2, 0) is 66.7 Å². The first-order chi connectivity index (χ1) is 29.3. The maximum Gasteiger partial charge on any atom is 0.514 e. The molecule has 334 valence electrons. The van der Waals surface area contributed by atoms with Crippen molar-refractivity contribution in [1.82, 2.24) is 0 Å². The normalized spacial score (nSPS) is 11.5. The Labute approximate surface area is 364 Å². The smallest absolute Gasteiger partial charge is 0.465 e. The molecule has 2 rings (SSSR count). The molecule has 0 amide bonds. The summed E-state index contributed by atoms with van der Waals surface area (Å²) in [5.74, 6) is -4.35. The summed E-state index contributed by atoms with van der Waals surface area (Å²) in [4.78, 5) is 96.1. The Morgan fingerprint density at radius 1 is 0.548 bits per heavy atom. The predicted octanol–water partition coefficient (Wildman–Crippen LogP) is 5.42. The Balaban J connectivity index is 1.82. The molecule has 0 saturated carbocycles. The molecular weight excluding hydrogens is 861 g/mol. The number of thioether (sulfide) groups is 2. The summed E-state index contributed by atoms with van der Waals surface area (Å²) < 4.78 is 50.8. The van der Waals surface area contributed by atoms with Crippen LogP contribution in [0.1, 0.15) is 53.4 Å². The Morgan fingerprint density at radius 3 is 1.21 bits per heavy atom. The molecule has 0 spiro atoms. The molecule has 0 aromatic heterocycles. The van der Waals surface area contributed by atoms with E-state index in [0.717, 1.165) is 35.7 Å². The summed E-state index contributed by atoms with van der Waals surface area (Å²) in [6.45, 7) is 11.6. The first-order valence-corrected chi connectivity index (χ1v) is 19.9. The van der Waals surface area contributed by atoms with Crippen LogP contribution in [0.2, 0.25) is 0 Å². The van der Waals surface area contributed by atoms with Gasteiger partial charge in [0.05, 0.1) is 66.1 Å². The third-order valence-corrected chi connectivity index (χ3v) is 9.86. The van der Waals surface area contributed by atoms with E-state index in [1.54, 1.807) is 39.8 Å². The van der Waals surface area contributed by atoms with Gasteiger partial charge in [0.25, 0.3) is 0 Å². The molecule has 1 aromatic rings.